The van der Waals surface area contributed by atoms with Gasteiger partial charge in [-0.1, -0.05) is 62.4 Å². The summed E-state index contributed by atoms with van der Waals surface area (Å²) in [6, 6.07) is 9.14. The molecule has 0 heterocycles. The highest BCUT2D eigenvalue weighted by atomic mass is 14.6. The third kappa shape index (κ3) is 6.48. The van der Waals surface area contributed by atoms with E-state index in [9.17, 15) is 0 Å². The monoisotopic (exact) mass is 233 g/mol. The molecule has 0 aliphatic heterocycles. The van der Waals surface area contributed by atoms with Gasteiger partial charge in [-0.2, -0.15) is 0 Å². The van der Waals surface area contributed by atoms with Crippen LogP contribution in [0.2, 0.25) is 0 Å². The third-order valence-electron chi connectivity index (χ3n) is 3.31. The summed E-state index contributed by atoms with van der Waals surface area (Å²) in [5.74, 6) is 0. The fraction of sp³-hybridized carbons (Fsp3) is 0.625. The Kier molecular flexibility index (Phi) is 6.95. The first-order chi connectivity index (χ1) is 8.22. The molecule has 0 aromatic heterocycles. The van der Waals surface area contributed by atoms with E-state index in [1.807, 2.05) is 0 Å². The largest absolute Gasteiger partial charge is 0.328 e. The second kappa shape index (κ2) is 8.30. The molecule has 0 amide bonds. The van der Waals surface area contributed by atoms with Crippen LogP contribution in [-0.2, 0) is 6.42 Å². The maximum Gasteiger partial charge on any atom is 0.00419 e. The SMILES string of the molecule is CCCCCCC(N)CCc1cccc(C)c1. The van der Waals surface area contributed by atoms with E-state index in [4.69, 9.17) is 5.73 Å². The fourth-order valence-corrected chi connectivity index (χ4v) is 2.20. The van der Waals surface area contributed by atoms with Crippen LogP contribution in [-0.4, -0.2) is 6.04 Å². The molecule has 1 aromatic carbocycles. The minimum absolute atomic E-state index is 0.382. The van der Waals surface area contributed by atoms with Crippen molar-refractivity contribution in [3.63, 3.8) is 0 Å². The second-order valence-corrected chi connectivity index (χ2v) is 5.14. The van der Waals surface area contributed by atoms with E-state index in [0.717, 1.165) is 12.8 Å². The van der Waals surface area contributed by atoms with Gasteiger partial charge < -0.3 is 5.73 Å². The topological polar surface area (TPSA) is 26.0 Å². The molecular weight excluding hydrogens is 206 g/mol. The summed E-state index contributed by atoms with van der Waals surface area (Å²) in [5.41, 5.74) is 8.91. The van der Waals surface area contributed by atoms with Gasteiger partial charge in [0, 0.05) is 6.04 Å². The summed E-state index contributed by atoms with van der Waals surface area (Å²) in [6.45, 7) is 4.39. The van der Waals surface area contributed by atoms with Crippen molar-refractivity contribution in [1.29, 1.82) is 0 Å². The fourth-order valence-electron chi connectivity index (χ4n) is 2.20. The van der Waals surface area contributed by atoms with E-state index in [0.29, 0.717) is 6.04 Å². The van der Waals surface area contributed by atoms with Gasteiger partial charge in [-0.15, -0.1) is 0 Å². The molecule has 0 spiro atoms. The highest BCUT2D eigenvalue weighted by Gasteiger charge is 2.03. The van der Waals surface area contributed by atoms with Crippen LogP contribution in [0.3, 0.4) is 0 Å². The standard InChI is InChI=1S/C16H27N/c1-3-4-5-6-10-16(17)12-11-15-9-7-8-14(2)13-15/h7-9,13,16H,3-6,10-12,17H2,1-2H3. The van der Waals surface area contributed by atoms with E-state index in [1.165, 1.54) is 43.2 Å². The maximum absolute atomic E-state index is 6.14. The zero-order valence-corrected chi connectivity index (χ0v) is 11.4. The number of hydrogen-bond donors (Lipinski definition) is 1. The first-order valence-electron chi connectivity index (χ1n) is 7.03. The Morgan fingerprint density at radius 2 is 1.94 bits per heavy atom. The molecule has 0 saturated heterocycles. The van der Waals surface area contributed by atoms with E-state index >= 15 is 0 Å². The molecule has 0 aliphatic carbocycles. The minimum atomic E-state index is 0.382. The van der Waals surface area contributed by atoms with Crippen LogP contribution in [0, 0.1) is 6.92 Å². The van der Waals surface area contributed by atoms with Gasteiger partial charge in [0.25, 0.3) is 0 Å². The lowest BCUT2D eigenvalue weighted by atomic mass is 10.00. The van der Waals surface area contributed by atoms with Gasteiger partial charge in [0.2, 0.25) is 0 Å². The van der Waals surface area contributed by atoms with E-state index in [-0.39, 0.29) is 0 Å². The van der Waals surface area contributed by atoms with Gasteiger partial charge >= 0.3 is 0 Å². The number of aryl methyl sites for hydroxylation is 2. The van der Waals surface area contributed by atoms with Gasteiger partial charge in [-0.05, 0) is 31.7 Å². The summed E-state index contributed by atoms with van der Waals surface area (Å²) in [6.07, 6.45) is 8.72. The van der Waals surface area contributed by atoms with Gasteiger partial charge in [0.15, 0.2) is 0 Å². The number of hydrogen-bond acceptors (Lipinski definition) is 1. The van der Waals surface area contributed by atoms with Crippen LogP contribution in [0.1, 0.15) is 56.6 Å². The average Bonchev–Trinajstić information content (AvgIpc) is 2.32. The molecule has 0 saturated carbocycles. The van der Waals surface area contributed by atoms with E-state index in [1.54, 1.807) is 0 Å². The number of rotatable bonds is 8. The zero-order valence-electron chi connectivity index (χ0n) is 11.4. The maximum atomic E-state index is 6.14. The Hall–Kier alpha value is -0.820. The molecule has 0 fully saturated rings. The Bertz CT molecular complexity index is 306. The van der Waals surface area contributed by atoms with Gasteiger partial charge in [-0.25, -0.2) is 0 Å². The lowest BCUT2D eigenvalue weighted by molar-refractivity contribution is 0.521. The molecule has 1 atom stereocenters. The second-order valence-electron chi connectivity index (χ2n) is 5.14. The summed E-state index contributed by atoms with van der Waals surface area (Å²) in [7, 11) is 0. The lowest BCUT2D eigenvalue weighted by Gasteiger charge is -2.11. The van der Waals surface area contributed by atoms with Crippen molar-refractivity contribution in [1.82, 2.24) is 0 Å². The molecule has 96 valence electrons. The van der Waals surface area contributed by atoms with Crippen molar-refractivity contribution in [2.45, 2.75) is 64.8 Å². The zero-order chi connectivity index (χ0) is 12.5. The summed E-state index contributed by atoms with van der Waals surface area (Å²) in [5, 5.41) is 0. The molecule has 1 aromatic rings. The molecule has 1 unspecified atom stereocenters. The first-order valence-corrected chi connectivity index (χ1v) is 7.03. The quantitative estimate of drug-likeness (QED) is 0.668. The molecule has 1 heteroatoms. The number of nitrogens with two attached hydrogens (primary N) is 1. The Morgan fingerprint density at radius 1 is 1.12 bits per heavy atom. The smallest absolute Gasteiger partial charge is 0.00419 e. The predicted octanol–water partition coefficient (Wildman–Crippen LogP) is 4.23. The Morgan fingerprint density at radius 3 is 2.65 bits per heavy atom. The summed E-state index contributed by atoms with van der Waals surface area (Å²) < 4.78 is 0. The van der Waals surface area contributed by atoms with Crippen molar-refractivity contribution in [3.8, 4) is 0 Å². The van der Waals surface area contributed by atoms with Crippen LogP contribution in [0.5, 0.6) is 0 Å². The molecule has 2 N–H and O–H groups in total. The molecule has 1 nitrogen and oxygen atoms in total. The molecule has 0 radical (unpaired) electrons. The van der Waals surface area contributed by atoms with Crippen LogP contribution < -0.4 is 5.73 Å². The lowest BCUT2D eigenvalue weighted by Crippen LogP contribution is -2.20. The summed E-state index contributed by atoms with van der Waals surface area (Å²) in [4.78, 5) is 0. The van der Waals surface area contributed by atoms with Gasteiger partial charge in [-0.3, -0.25) is 0 Å². The van der Waals surface area contributed by atoms with Gasteiger partial charge in [0.1, 0.15) is 0 Å². The number of unbranched alkanes of at least 4 members (excludes halogenated alkanes) is 3. The van der Waals surface area contributed by atoms with E-state index in [2.05, 4.69) is 38.1 Å². The molecule has 17 heavy (non-hydrogen) atoms. The molecular formula is C16H27N. The predicted molar refractivity (Wildman–Crippen MR) is 76.2 cm³/mol. The minimum Gasteiger partial charge on any atom is -0.328 e. The van der Waals surface area contributed by atoms with Crippen molar-refractivity contribution < 1.29 is 0 Å². The average molecular weight is 233 g/mol. The van der Waals surface area contributed by atoms with Crippen molar-refractivity contribution in [2.75, 3.05) is 0 Å². The van der Waals surface area contributed by atoms with Crippen LogP contribution in [0.15, 0.2) is 24.3 Å². The Labute approximate surface area is 106 Å². The molecule has 0 aliphatic rings. The van der Waals surface area contributed by atoms with Crippen LogP contribution in [0.25, 0.3) is 0 Å². The molecule has 1 rings (SSSR count). The van der Waals surface area contributed by atoms with Crippen LogP contribution >= 0.6 is 0 Å². The molecule has 0 bridgehead atoms. The first kappa shape index (κ1) is 14.2. The highest BCUT2D eigenvalue weighted by molar-refractivity contribution is 5.22. The normalized spacial score (nSPS) is 12.6. The van der Waals surface area contributed by atoms with Crippen molar-refractivity contribution >= 4 is 0 Å². The number of benzene rings is 1. The highest BCUT2D eigenvalue weighted by Crippen LogP contribution is 2.11. The Balaban J connectivity index is 2.17. The van der Waals surface area contributed by atoms with Crippen molar-refractivity contribution in [3.05, 3.63) is 35.4 Å². The van der Waals surface area contributed by atoms with Crippen LogP contribution in [0.4, 0.5) is 0 Å². The van der Waals surface area contributed by atoms with E-state index < -0.39 is 0 Å². The van der Waals surface area contributed by atoms with Gasteiger partial charge in [0.05, 0.1) is 0 Å². The third-order valence-corrected chi connectivity index (χ3v) is 3.31. The summed E-state index contributed by atoms with van der Waals surface area (Å²) >= 11 is 0. The van der Waals surface area contributed by atoms with Crippen molar-refractivity contribution in [2.24, 2.45) is 5.73 Å².